The van der Waals surface area contributed by atoms with E-state index in [1.54, 1.807) is 12.1 Å². The summed E-state index contributed by atoms with van der Waals surface area (Å²) in [5.74, 6) is -0.00413. The van der Waals surface area contributed by atoms with Crippen LogP contribution in [0.25, 0.3) is 0 Å². The van der Waals surface area contributed by atoms with Crippen LogP contribution in [0.15, 0.2) is 18.2 Å². The summed E-state index contributed by atoms with van der Waals surface area (Å²) in [6.45, 7) is 2.23. The molecular formula is C18H27ClO2. The number of carbonyl (C=O) groups excluding carboxylic acids is 1. The Morgan fingerprint density at radius 3 is 2.14 bits per heavy atom. The van der Waals surface area contributed by atoms with E-state index in [2.05, 4.69) is 6.92 Å². The van der Waals surface area contributed by atoms with Crippen molar-refractivity contribution in [2.75, 3.05) is 0 Å². The Morgan fingerprint density at radius 1 is 1.00 bits per heavy atom. The molecule has 0 radical (unpaired) electrons. The lowest BCUT2D eigenvalue weighted by Crippen LogP contribution is -1.99. The van der Waals surface area contributed by atoms with Gasteiger partial charge in [0, 0.05) is 11.4 Å². The van der Waals surface area contributed by atoms with Gasteiger partial charge < -0.3 is 5.11 Å². The zero-order valence-corrected chi connectivity index (χ0v) is 13.8. The van der Waals surface area contributed by atoms with Crippen molar-refractivity contribution in [3.05, 3.63) is 28.8 Å². The number of rotatable bonds is 11. The van der Waals surface area contributed by atoms with Crippen molar-refractivity contribution >= 4 is 17.4 Å². The number of aromatic hydroxyl groups is 1. The van der Waals surface area contributed by atoms with E-state index >= 15 is 0 Å². The molecule has 0 amide bonds. The number of Topliss-reactive ketones (excluding diaryl/α,β-unsaturated/α-hetero) is 1. The van der Waals surface area contributed by atoms with Gasteiger partial charge in [0.15, 0.2) is 5.78 Å². The highest BCUT2D eigenvalue weighted by molar-refractivity contribution is 6.30. The fourth-order valence-electron chi connectivity index (χ4n) is 2.47. The van der Waals surface area contributed by atoms with Gasteiger partial charge in [-0.3, -0.25) is 4.79 Å². The van der Waals surface area contributed by atoms with Crippen LogP contribution in [-0.4, -0.2) is 10.9 Å². The number of unbranched alkanes of at least 4 members (excludes halogenated alkanes) is 8. The standard InChI is InChI=1S/C18H27ClO2/c1-2-3-4-5-6-7-8-9-10-11-17(20)16-13-12-15(19)14-18(16)21/h12-14,21H,2-11H2,1H3. The largest absolute Gasteiger partial charge is 0.507 e. The number of halogens is 1. The first-order valence-electron chi connectivity index (χ1n) is 8.17. The van der Waals surface area contributed by atoms with E-state index in [1.165, 1.54) is 51.0 Å². The average Bonchev–Trinajstić information content (AvgIpc) is 2.45. The van der Waals surface area contributed by atoms with Crippen LogP contribution in [0.3, 0.4) is 0 Å². The van der Waals surface area contributed by atoms with Gasteiger partial charge in [0.25, 0.3) is 0 Å². The number of hydrogen-bond donors (Lipinski definition) is 1. The summed E-state index contributed by atoms with van der Waals surface area (Å²) in [5.41, 5.74) is 0.388. The highest BCUT2D eigenvalue weighted by Gasteiger charge is 2.10. The Bertz CT molecular complexity index is 429. The Balaban J connectivity index is 2.11. The molecule has 0 aromatic heterocycles. The van der Waals surface area contributed by atoms with Crippen LogP contribution in [0, 0.1) is 0 Å². The molecular weight excluding hydrogens is 284 g/mol. The molecule has 0 atom stereocenters. The van der Waals surface area contributed by atoms with E-state index in [-0.39, 0.29) is 11.5 Å². The second kappa shape index (κ2) is 10.7. The number of phenolic OH excluding ortho intramolecular Hbond substituents is 1. The lowest BCUT2D eigenvalue weighted by molar-refractivity contribution is 0.0976. The van der Waals surface area contributed by atoms with E-state index in [1.807, 2.05) is 0 Å². The van der Waals surface area contributed by atoms with Gasteiger partial charge in [0.05, 0.1) is 5.56 Å². The first-order chi connectivity index (χ1) is 10.1. The molecule has 0 fully saturated rings. The molecule has 0 aliphatic carbocycles. The van der Waals surface area contributed by atoms with Crippen molar-refractivity contribution in [1.29, 1.82) is 0 Å². The molecule has 1 aromatic carbocycles. The van der Waals surface area contributed by atoms with Gasteiger partial charge in [-0.25, -0.2) is 0 Å². The third kappa shape index (κ3) is 7.52. The molecule has 0 bridgehead atoms. The molecule has 21 heavy (non-hydrogen) atoms. The number of ketones is 1. The fourth-order valence-corrected chi connectivity index (χ4v) is 2.64. The van der Waals surface area contributed by atoms with Crippen LogP contribution in [-0.2, 0) is 0 Å². The third-order valence-corrected chi connectivity index (χ3v) is 4.00. The Hall–Kier alpha value is -1.02. The second-order valence-electron chi connectivity index (χ2n) is 5.66. The molecule has 118 valence electrons. The highest BCUT2D eigenvalue weighted by atomic mass is 35.5. The normalized spacial score (nSPS) is 10.8. The predicted molar refractivity (Wildman–Crippen MR) is 89.3 cm³/mol. The van der Waals surface area contributed by atoms with Gasteiger partial charge in [-0.1, -0.05) is 69.9 Å². The first-order valence-corrected chi connectivity index (χ1v) is 8.54. The van der Waals surface area contributed by atoms with Crippen LogP contribution in [0.1, 0.15) is 81.5 Å². The van der Waals surface area contributed by atoms with Crippen molar-refractivity contribution in [3.8, 4) is 5.75 Å². The van der Waals surface area contributed by atoms with E-state index < -0.39 is 0 Å². The van der Waals surface area contributed by atoms with Crippen molar-refractivity contribution in [1.82, 2.24) is 0 Å². The molecule has 0 aliphatic rings. The van der Waals surface area contributed by atoms with Crippen molar-refractivity contribution in [2.24, 2.45) is 0 Å². The predicted octanol–water partition coefficient (Wildman–Crippen LogP) is 6.15. The Labute approximate surface area is 133 Å². The van der Waals surface area contributed by atoms with Crippen molar-refractivity contribution in [3.63, 3.8) is 0 Å². The number of hydrogen-bond acceptors (Lipinski definition) is 2. The lowest BCUT2D eigenvalue weighted by Gasteiger charge is -2.05. The van der Waals surface area contributed by atoms with E-state index in [0.29, 0.717) is 17.0 Å². The topological polar surface area (TPSA) is 37.3 Å². The Morgan fingerprint density at radius 2 is 1.57 bits per heavy atom. The maximum atomic E-state index is 12.0. The summed E-state index contributed by atoms with van der Waals surface area (Å²) in [7, 11) is 0. The summed E-state index contributed by atoms with van der Waals surface area (Å²) < 4.78 is 0. The molecule has 0 unspecified atom stereocenters. The minimum Gasteiger partial charge on any atom is -0.507 e. The van der Waals surface area contributed by atoms with Crippen LogP contribution >= 0.6 is 11.6 Å². The van der Waals surface area contributed by atoms with Gasteiger partial charge in [0.2, 0.25) is 0 Å². The zero-order valence-electron chi connectivity index (χ0n) is 13.0. The molecule has 1 N–H and O–H groups in total. The van der Waals surface area contributed by atoms with E-state index in [9.17, 15) is 9.90 Å². The molecule has 3 heteroatoms. The maximum Gasteiger partial charge on any atom is 0.166 e. The van der Waals surface area contributed by atoms with Crippen molar-refractivity contribution in [2.45, 2.75) is 71.1 Å². The summed E-state index contributed by atoms with van der Waals surface area (Å²) in [6.07, 6.45) is 11.6. The van der Waals surface area contributed by atoms with Crippen molar-refractivity contribution < 1.29 is 9.90 Å². The van der Waals surface area contributed by atoms with Crippen LogP contribution in [0.4, 0.5) is 0 Å². The molecule has 2 nitrogen and oxygen atoms in total. The molecule has 0 heterocycles. The fraction of sp³-hybridized carbons (Fsp3) is 0.611. The second-order valence-corrected chi connectivity index (χ2v) is 6.10. The average molecular weight is 311 g/mol. The molecule has 0 saturated heterocycles. The smallest absolute Gasteiger partial charge is 0.166 e. The summed E-state index contributed by atoms with van der Waals surface area (Å²) in [4.78, 5) is 12.0. The summed E-state index contributed by atoms with van der Waals surface area (Å²) in [5, 5.41) is 10.2. The first kappa shape index (κ1) is 18.0. The van der Waals surface area contributed by atoms with E-state index in [4.69, 9.17) is 11.6 Å². The SMILES string of the molecule is CCCCCCCCCCCC(=O)c1ccc(Cl)cc1O. The van der Waals surface area contributed by atoms with Gasteiger partial charge in [-0.15, -0.1) is 0 Å². The molecule has 0 saturated carbocycles. The van der Waals surface area contributed by atoms with Crippen LogP contribution in [0.2, 0.25) is 5.02 Å². The Kier molecular flexibility index (Phi) is 9.16. The highest BCUT2D eigenvalue weighted by Crippen LogP contribution is 2.23. The molecule has 1 aromatic rings. The lowest BCUT2D eigenvalue weighted by atomic mass is 10.0. The quantitative estimate of drug-likeness (QED) is 0.393. The molecule has 0 aliphatic heterocycles. The van der Waals surface area contributed by atoms with Gasteiger partial charge >= 0.3 is 0 Å². The van der Waals surface area contributed by atoms with Gasteiger partial charge in [-0.2, -0.15) is 0 Å². The maximum absolute atomic E-state index is 12.0. The molecule has 1 rings (SSSR count). The molecule has 0 spiro atoms. The summed E-state index contributed by atoms with van der Waals surface area (Å²) >= 11 is 5.76. The number of phenols is 1. The zero-order chi connectivity index (χ0) is 15.5. The number of benzene rings is 1. The van der Waals surface area contributed by atoms with Gasteiger partial charge in [0.1, 0.15) is 5.75 Å². The minimum atomic E-state index is -0.0107. The van der Waals surface area contributed by atoms with Crippen LogP contribution in [0.5, 0.6) is 5.75 Å². The number of carbonyl (C=O) groups is 1. The summed E-state index contributed by atoms with van der Waals surface area (Å²) in [6, 6.07) is 4.67. The van der Waals surface area contributed by atoms with Crippen LogP contribution < -0.4 is 0 Å². The minimum absolute atomic E-state index is 0.00659. The monoisotopic (exact) mass is 310 g/mol. The third-order valence-electron chi connectivity index (χ3n) is 3.77. The van der Waals surface area contributed by atoms with E-state index in [0.717, 1.165) is 12.8 Å². The van der Waals surface area contributed by atoms with Gasteiger partial charge in [-0.05, 0) is 24.6 Å².